The van der Waals surface area contributed by atoms with Gasteiger partial charge in [-0.3, -0.25) is 4.79 Å². The molecule has 1 unspecified atom stereocenters. The number of hydrogen-bond donors (Lipinski definition) is 1. The Morgan fingerprint density at radius 3 is 3.00 bits per heavy atom. The van der Waals surface area contributed by atoms with E-state index in [1.165, 1.54) is 12.1 Å². The summed E-state index contributed by atoms with van der Waals surface area (Å²) < 4.78 is 20.4. The number of imidazole rings is 1. The van der Waals surface area contributed by atoms with Crippen molar-refractivity contribution in [1.29, 1.82) is 0 Å². The first-order chi connectivity index (χ1) is 9.51. The smallest absolute Gasteiger partial charge is 0.313 e. The number of methoxy groups -OCH3 is 1. The molecule has 1 heterocycles. The van der Waals surface area contributed by atoms with Crippen molar-refractivity contribution in [2.45, 2.75) is 24.7 Å². The zero-order valence-electron chi connectivity index (χ0n) is 11.2. The van der Waals surface area contributed by atoms with Gasteiger partial charge in [-0.25, -0.2) is 9.37 Å². The fourth-order valence-electron chi connectivity index (χ4n) is 1.82. The molecule has 1 aromatic carbocycles. The van der Waals surface area contributed by atoms with E-state index < -0.39 is 5.97 Å². The van der Waals surface area contributed by atoms with Crippen LogP contribution in [-0.2, 0) is 16.1 Å². The molecule has 0 saturated carbocycles. The fraction of sp³-hybridized carbons (Fsp3) is 0.385. The van der Waals surface area contributed by atoms with E-state index in [1.807, 2.05) is 6.92 Å². The largest absolute Gasteiger partial charge is 0.481 e. The SMILES string of the molecule is COC(C)Cn1c(SCC(=O)O)nc2ccc(F)cc21. The maximum atomic E-state index is 13.4. The van der Waals surface area contributed by atoms with Crippen LogP contribution >= 0.6 is 11.8 Å². The van der Waals surface area contributed by atoms with Gasteiger partial charge in [0.1, 0.15) is 5.82 Å². The van der Waals surface area contributed by atoms with Gasteiger partial charge < -0.3 is 14.4 Å². The maximum Gasteiger partial charge on any atom is 0.313 e. The zero-order valence-corrected chi connectivity index (χ0v) is 12.0. The minimum atomic E-state index is -0.917. The van der Waals surface area contributed by atoms with E-state index >= 15 is 0 Å². The van der Waals surface area contributed by atoms with Crippen molar-refractivity contribution in [3.63, 3.8) is 0 Å². The Morgan fingerprint density at radius 1 is 1.60 bits per heavy atom. The lowest BCUT2D eigenvalue weighted by molar-refractivity contribution is -0.133. The van der Waals surface area contributed by atoms with Crippen LogP contribution in [0.5, 0.6) is 0 Å². The first kappa shape index (κ1) is 14.8. The van der Waals surface area contributed by atoms with Gasteiger partial charge in [0.05, 0.1) is 29.4 Å². The Bertz CT molecular complexity index is 629. The van der Waals surface area contributed by atoms with E-state index in [1.54, 1.807) is 17.7 Å². The second-order valence-electron chi connectivity index (χ2n) is 4.37. The van der Waals surface area contributed by atoms with Gasteiger partial charge in [0, 0.05) is 7.11 Å². The summed E-state index contributed by atoms with van der Waals surface area (Å²) in [5.41, 5.74) is 1.28. The number of rotatable bonds is 6. The van der Waals surface area contributed by atoms with Crippen LogP contribution in [0.25, 0.3) is 11.0 Å². The molecule has 20 heavy (non-hydrogen) atoms. The van der Waals surface area contributed by atoms with Crippen LogP contribution in [-0.4, -0.2) is 39.6 Å². The second-order valence-corrected chi connectivity index (χ2v) is 5.31. The number of carboxylic acid groups (broad SMARTS) is 1. The van der Waals surface area contributed by atoms with Gasteiger partial charge in [-0.05, 0) is 25.1 Å². The van der Waals surface area contributed by atoms with E-state index in [9.17, 15) is 9.18 Å². The molecule has 2 aromatic rings. The predicted molar refractivity (Wildman–Crippen MR) is 74.5 cm³/mol. The van der Waals surface area contributed by atoms with Gasteiger partial charge in [-0.2, -0.15) is 0 Å². The Morgan fingerprint density at radius 2 is 2.35 bits per heavy atom. The molecule has 0 aliphatic heterocycles. The monoisotopic (exact) mass is 298 g/mol. The number of fused-ring (bicyclic) bond motifs is 1. The van der Waals surface area contributed by atoms with Crippen molar-refractivity contribution in [3.05, 3.63) is 24.0 Å². The standard InChI is InChI=1S/C13H15FN2O3S/c1-8(19-2)6-16-11-5-9(14)3-4-10(11)15-13(16)20-7-12(17)18/h3-5,8H,6-7H2,1-2H3,(H,17,18). The predicted octanol–water partition coefficient (Wildman–Crippen LogP) is 2.39. The van der Waals surface area contributed by atoms with Crippen LogP contribution in [0.15, 0.2) is 23.4 Å². The summed E-state index contributed by atoms with van der Waals surface area (Å²) in [4.78, 5) is 15.0. The van der Waals surface area contributed by atoms with Crippen molar-refractivity contribution in [1.82, 2.24) is 9.55 Å². The van der Waals surface area contributed by atoms with E-state index in [-0.39, 0.29) is 17.7 Å². The van der Waals surface area contributed by atoms with Crippen LogP contribution < -0.4 is 0 Å². The Labute approximate surface area is 119 Å². The molecule has 5 nitrogen and oxygen atoms in total. The molecule has 0 aliphatic carbocycles. The lowest BCUT2D eigenvalue weighted by Gasteiger charge is -2.13. The molecule has 2 rings (SSSR count). The van der Waals surface area contributed by atoms with Crippen LogP contribution in [0.3, 0.4) is 0 Å². The van der Waals surface area contributed by atoms with Crippen molar-refractivity contribution < 1.29 is 19.0 Å². The highest BCUT2D eigenvalue weighted by molar-refractivity contribution is 7.99. The molecule has 0 bridgehead atoms. The summed E-state index contributed by atoms with van der Waals surface area (Å²) >= 11 is 1.11. The lowest BCUT2D eigenvalue weighted by atomic mass is 10.3. The van der Waals surface area contributed by atoms with Crippen molar-refractivity contribution in [2.75, 3.05) is 12.9 Å². The third kappa shape index (κ3) is 3.29. The number of thioether (sulfide) groups is 1. The van der Waals surface area contributed by atoms with Gasteiger partial charge in [-0.1, -0.05) is 11.8 Å². The molecule has 0 amide bonds. The molecule has 0 aliphatic rings. The number of aromatic nitrogens is 2. The fourth-order valence-corrected chi connectivity index (χ4v) is 2.56. The number of carboxylic acids is 1. The first-order valence-electron chi connectivity index (χ1n) is 6.04. The molecular formula is C13H15FN2O3S. The van der Waals surface area contributed by atoms with Gasteiger partial charge >= 0.3 is 5.97 Å². The highest BCUT2D eigenvalue weighted by Crippen LogP contribution is 2.25. The second kappa shape index (κ2) is 6.23. The van der Waals surface area contributed by atoms with Gasteiger partial charge in [0.25, 0.3) is 0 Å². The molecule has 108 valence electrons. The molecular weight excluding hydrogens is 283 g/mol. The molecule has 7 heteroatoms. The van der Waals surface area contributed by atoms with Gasteiger partial charge in [-0.15, -0.1) is 0 Å². The highest BCUT2D eigenvalue weighted by Gasteiger charge is 2.15. The zero-order chi connectivity index (χ0) is 14.7. The molecule has 0 saturated heterocycles. The quantitative estimate of drug-likeness (QED) is 0.830. The number of nitrogens with zero attached hydrogens (tertiary/aromatic N) is 2. The highest BCUT2D eigenvalue weighted by atomic mass is 32.2. The normalized spacial score (nSPS) is 12.8. The van der Waals surface area contributed by atoms with Crippen LogP contribution in [0.1, 0.15) is 6.92 Å². The van der Waals surface area contributed by atoms with Gasteiger partial charge in [0.2, 0.25) is 0 Å². The van der Waals surface area contributed by atoms with Crippen molar-refractivity contribution in [2.24, 2.45) is 0 Å². The Hall–Kier alpha value is -1.60. The van der Waals surface area contributed by atoms with Gasteiger partial charge in [0.15, 0.2) is 5.16 Å². The van der Waals surface area contributed by atoms with Crippen molar-refractivity contribution in [3.8, 4) is 0 Å². The number of hydrogen-bond acceptors (Lipinski definition) is 4. The minimum Gasteiger partial charge on any atom is -0.481 e. The van der Waals surface area contributed by atoms with E-state index in [4.69, 9.17) is 9.84 Å². The summed E-state index contributed by atoms with van der Waals surface area (Å²) in [5, 5.41) is 9.32. The average Bonchev–Trinajstić information content (AvgIpc) is 2.74. The van der Waals surface area contributed by atoms with Crippen molar-refractivity contribution >= 4 is 28.8 Å². The van der Waals surface area contributed by atoms with Crippen LogP contribution in [0, 0.1) is 5.82 Å². The molecule has 1 N–H and O–H groups in total. The van der Waals surface area contributed by atoms with E-state index in [2.05, 4.69) is 4.98 Å². The number of aliphatic carboxylic acids is 1. The number of halogens is 1. The Kier molecular flexibility index (Phi) is 4.61. The topological polar surface area (TPSA) is 64.3 Å². The maximum absolute atomic E-state index is 13.4. The average molecular weight is 298 g/mol. The van der Waals surface area contributed by atoms with Crippen LogP contribution in [0.2, 0.25) is 0 Å². The van der Waals surface area contributed by atoms with E-state index in [0.29, 0.717) is 22.7 Å². The summed E-state index contributed by atoms with van der Waals surface area (Å²) in [5.74, 6) is -1.36. The summed E-state index contributed by atoms with van der Waals surface area (Å²) in [6.45, 7) is 2.37. The summed E-state index contributed by atoms with van der Waals surface area (Å²) in [6, 6.07) is 4.32. The summed E-state index contributed by atoms with van der Waals surface area (Å²) in [7, 11) is 1.59. The molecule has 1 atom stereocenters. The lowest BCUT2D eigenvalue weighted by Crippen LogP contribution is -2.15. The van der Waals surface area contributed by atoms with E-state index in [0.717, 1.165) is 11.8 Å². The minimum absolute atomic E-state index is 0.0835. The first-order valence-corrected chi connectivity index (χ1v) is 7.03. The molecule has 0 fully saturated rings. The number of benzene rings is 1. The molecule has 0 spiro atoms. The number of ether oxygens (including phenoxy) is 1. The Balaban J connectivity index is 2.42. The third-order valence-electron chi connectivity index (χ3n) is 2.84. The van der Waals surface area contributed by atoms with Crippen LogP contribution in [0.4, 0.5) is 4.39 Å². The third-order valence-corrected chi connectivity index (χ3v) is 3.80. The molecule has 1 aromatic heterocycles. The summed E-state index contributed by atoms with van der Waals surface area (Å²) in [6.07, 6.45) is -0.0835. The molecule has 0 radical (unpaired) electrons. The number of carbonyl (C=O) groups is 1.